The zero-order valence-corrected chi connectivity index (χ0v) is 18.2. The van der Waals surface area contributed by atoms with E-state index in [0.29, 0.717) is 41.0 Å². The minimum atomic E-state index is -0.203. The van der Waals surface area contributed by atoms with Gasteiger partial charge in [-0.3, -0.25) is 14.5 Å². The number of carbonyl (C=O) groups is 1. The Hall–Kier alpha value is -3.77. The molecule has 1 saturated heterocycles. The molecule has 1 aliphatic rings. The first-order valence-corrected chi connectivity index (χ1v) is 10.6. The van der Waals surface area contributed by atoms with Gasteiger partial charge in [0.15, 0.2) is 0 Å². The van der Waals surface area contributed by atoms with E-state index >= 15 is 0 Å². The number of fused-ring (bicyclic) bond motifs is 1. The van der Waals surface area contributed by atoms with E-state index in [-0.39, 0.29) is 11.5 Å². The summed E-state index contributed by atoms with van der Waals surface area (Å²) in [7, 11) is 1.58. The Labute approximate surface area is 185 Å². The van der Waals surface area contributed by atoms with Crippen LogP contribution in [-0.2, 0) is 13.0 Å². The lowest BCUT2D eigenvalue weighted by molar-refractivity contribution is 0.0958. The summed E-state index contributed by atoms with van der Waals surface area (Å²) < 4.78 is 0. The van der Waals surface area contributed by atoms with Gasteiger partial charge in [-0.1, -0.05) is 6.92 Å². The van der Waals surface area contributed by atoms with Crippen LogP contribution in [0.3, 0.4) is 0 Å². The van der Waals surface area contributed by atoms with Gasteiger partial charge >= 0.3 is 0 Å². The van der Waals surface area contributed by atoms with E-state index in [2.05, 4.69) is 36.1 Å². The van der Waals surface area contributed by atoms with Crippen molar-refractivity contribution < 1.29 is 4.79 Å². The molecule has 0 radical (unpaired) electrons. The zero-order valence-electron chi connectivity index (χ0n) is 18.2. The Balaban J connectivity index is 1.46. The fraction of sp³-hybridized carbons (Fsp3) is 0.348. The molecule has 9 nitrogen and oxygen atoms in total. The molecule has 1 amide bonds. The van der Waals surface area contributed by atoms with E-state index in [0.717, 1.165) is 37.4 Å². The van der Waals surface area contributed by atoms with Crippen LogP contribution in [0.5, 0.6) is 0 Å². The number of H-pyrrole nitrogens is 1. The van der Waals surface area contributed by atoms with Crippen LogP contribution in [0.15, 0.2) is 35.3 Å². The molecule has 1 fully saturated rings. The summed E-state index contributed by atoms with van der Waals surface area (Å²) >= 11 is 0. The number of pyridine rings is 3. The van der Waals surface area contributed by atoms with E-state index in [4.69, 9.17) is 0 Å². The fourth-order valence-corrected chi connectivity index (χ4v) is 3.93. The van der Waals surface area contributed by atoms with E-state index in [9.17, 15) is 14.9 Å². The van der Waals surface area contributed by atoms with Crippen molar-refractivity contribution in [1.82, 2.24) is 25.2 Å². The van der Waals surface area contributed by atoms with E-state index < -0.39 is 0 Å². The number of piperazine rings is 1. The van der Waals surface area contributed by atoms with Crippen molar-refractivity contribution in [3.8, 4) is 6.07 Å². The van der Waals surface area contributed by atoms with Gasteiger partial charge < -0.3 is 15.2 Å². The summed E-state index contributed by atoms with van der Waals surface area (Å²) in [6.07, 6.45) is 2.34. The molecule has 4 rings (SSSR count). The molecule has 0 saturated carbocycles. The molecule has 164 valence electrons. The molecular weight excluding hydrogens is 406 g/mol. The second kappa shape index (κ2) is 9.16. The second-order valence-electron chi connectivity index (χ2n) is 7.76. The summed E-state index contributed by atoms with van der Waals surface area (Å²) in [4.78, 5) is 40.0. The largest absolute Gasteiger partial charge is 0.368 e. The minimum absolute atomic E-state index is 0.109. The number of hydrogen-bond acceptors (Lipinski definition) is 7. The standard InChI is InChI=1S/C23H25N7O2/c1-3-15-10-19-20(28-22(15)31)11-16(21(12-24)27-19)14-29-6-8-30(9-7-29)17-4-5-18(26-13-17)23(32)25-2/h4-5,10-11,13H,3,6-9,14H2,1-2H3,(H,25,32)(H,28,31). The maximum atomic E-state index is 12.2. The van der Waals surface area contributed by atoms with Crippen molar-refractivity contribution in [3.63, 3.8) is 0 Å². The predicted octanol–water partition coefficient (Wildman–Crippen LogP) is 1.43. The quantitative estimate of drug-likeness (QED) is 0.627. The molecule has 0 atom stereocenters. The number of nitriles is 1. The Kier molecular flexibility index (Phi) is 6.14. The summed E-state index contributed by atoms with van der Waals surface area (Å²) in [5.74, 6) is -0.203. The van der Waals surface area contributed by atoms with Gasteiger partial charge in [0.1, 0.15) is 17.5 Å². The number of aromatic nitrogens is 3. The Morgan fingerprint density at radius 2 is 2.00 bits per heavy atom. The Morgan fingerprint density at radius 1 is 1.22 bits per heavy atom. The second-order valence-corrected chi connectivity index (χ2v) is 7.76. The number of amides is 1. The Bertz CT molecular complexity index is 1240. The summed E-state index contributed by atoms with van der Waals surface area (Å²) in [5, 5.41) is 12.2. The smallest absolute Gasteiger partial charge is 0.269 e. The number of nitrogens with one attached hydrogen (secondary N) is 2. The molecule has 3 aromatic heterocycles. The maximum absolute atomic E-state index is 12.2. The van der Waals surface area contributed by atoms with Gasteiger partial charge in [0.05, 0.1) is 22.9 Å². The molecule has 1 aliphatic heterocycles. The summed E-state index contributed by atoms with van der Waals surface area (Å²) in [6, 6.07) is 9.48. The highest BCUT2D eigenvalue weighted by atomic mass is 16.1. The first-order valence-electron chi connectivity index (χ1n) is 10.6. The molecule has 0 bridgehead atoms. The molecule has 0 aromatic carbocycles. The lowest BCUT2D eigenvalue weighted by Gasteiger charge is -2.36. The zero-order chi connectivity index (χ0) is 22.7. The van der Waals surface area contributed by atoms with Gasteiger partial charge in [-0.25, -0.2) is 9.97 Å². The van der Waals surface area contributed by atoms with Crippen molar-refractivity contribution in [1.29, 1.82) is 5.26 Å². The molecule has 4 heterocycles. The third kappa shape index (κ3) is 4.31. The van der Waals surface area contributed by atoms with Crippen LogP contribution < -0.4 is 15.8 Å². The third-order valence-electron chi connectivity index (χ3n) is 5.81. The maximum Gasteiger partial charge on any atom is 0.269 e. The highest BCUT2D eigenvalue weighted by molar-refractivity contribution is 5.92. The van der Waals surface area contributed by atoms with Crippen molar-refractivity contribution in [2.45, 2.75) is 19.9 Å². The van der Waals surface area contributed by atoms with E-state index in [1.54, 1.807) is 25.4 Å². The number of rotatable bonds is 5. The average molecular weight is 432 g/mol. The van der Waals surface area contributed by atoms with Crippen LogP contribution in [0.2, 0.25) is 0 Å². The summed E-state index contributed by atoms with van der Waals surface area (Å²) in [6.45, 7) is 5.74. The monoisotopic (exact) mass is 431 g/mol. The number of nitrogens with zero attached hydrogens (tertiary/aromatic N) is 5. The highest BCUT2D eigenvalue weighted by Crippen LogP contribution is 2.20. The van der Waals surface area contributed by atoms with Crippen LogP contribution in [-0.4, -0.2) is 59.0 Å². The molecule has 0 aliphatic carbocycles. The van der Waals surface area contributed by atoms with Crippen LogP contribution in [0, 0.1) is 11.3 Å². The molecule has 2 N–H and O–H groups in total. The Morgan fingerprint density at radius 3 is 2.62 bits per heavy atom. The van der Waals surface area contributed by atoms with Crippen molar-refractivity contribution in [2.75, 3.05) is 38.1 Å². The van der Waals surface area contributed by atoms with Gasteiger partial charge in [0.2, 0.25) is 0 Å². The lowest BCUT2D eigenvalue weighted by atomic mass is 10.1. The minimum Gasteiger partial charge on any atom is -0.368 e. The molecule has 32 heavy (non-hydrogen) atoms. The van der Waals surface area contributed by atoms with Crippen LogP contribution in [0.25, 0.3) is 11.0 Å². The number of aromatic amines is 1. The SMILES string of the molecule is CCc1cc2nc(C#N)c(CN3CCN(c4ccc(C(=O)NC)nc4)CC3)cc2[nH]c1=O. The topological polar surface area (TPSA) is 118 Å². The van der Waals surface area contributed by atoms with Gasteiger partial charge in [-0.15, -0.1) is 0 Å². The van der Waals surface area contributed by atoms with Gasteiger partial charge in [-0.2, -0.15) is 5.26 Å². The van der Waals surface area contributed by atoms with Crippen LogP contribution in [0.1, 0.15) is 34.2 Å². The first kappa shape index (κ1) is 21.5. The van der Waals surface area contributed by atoms with E-state index in [1.807, 2.05) is 19.1 Å². The first-order chi connectivity index (χ1) is 15.5. The highest BCUT2D eigenvalue weighted by Gasteiger charge is 2.20. The molecule has 0 unspecified atom stereocenters. The van der Waals surface area contributed by atoms with Gasteiger partial charge in [-0.05, 0) is 30.7 Å². The summed E-state index contributed by atoms with van der Waals surface area (Å²) in [5.41, 5.74) is 4.42. The fourth-order valence-electron chi connectivity index (χ4n) is 3.93. The number of aryl methyl sites for hydroxylation is 1. The van der Waals surface area contributed by atoms with Crippen LogP contribution in [0.4, 0.5) is 5.69 Å². The molecule has 9 heteroatoms. The number of hydrogen-bond donors (Lipinski definition) is 2. The molecular formula is C23H25N7O2. The van der Waals surface area contributed by atoms with Crippen molar-refractivity contribution in [3.05, 3.63) is 63.3 Å². The number of carbonyl (C=O) groups excluding carboxylic acids is 1. The lowest BCUT2D eigenvalue weighted by Crippen LogP contribution is -2.46. The number of anilines is 1. The van der Waals surface area contributed by atoms with Crippen molar-refractivity contribution >= 4 is 22.6 Å². The van der Waals surface area contributed by atoms with E-state index in [1.165, 1.54) is 0 Å². The normalized spacial score (nSPS) is 14.3. The third-order valence-corrected chi connectivity index (χ3v) is 5.81. The average Bonchev–Trinajstić information content (AvgIpc) is 2.83. The van der Waals surface area contributed by atoms with Crippen molar-refractivity contribution in [2.24, 2.45) is 0 Å². The molecule has 3 aromatic rings. The van der Waals surface area contributed by atoms with Gasteiger partial charge in [0, 0.05) is 50.9 Å². The molecule has 0 spiro atoms. The predicted molar refractivity (Wildman–Crippen MR) is 122 cm³/mol. The van der Waals surface area contributed by atoms with Gasteiger partial charge in [0.25, 0.3) is 11.5 Å². The van der Waals surface area contributed by atoms with Crippen LogP contribution >= 0.6 is 0 Å².